The molecule has 1 aliphatic rings. The maximum Gasteiger partial charge on any atom is 0.0931 e. The topological polar surface area (TPSA) is 24.4 Å². The van der Waals surface area contributed by atoms with Crippen LogP contribution >= 0.6 is 0 Å². The smallest absolute Gasteiger partial charge is 0.0931 e. The minimum Gasteiger partial charge on any atom is -0.374 e. The van der Waals surface area contributed by atoms with Crippen molar-refractivity contribution in [3.63, 3.8) is 0 Å². The van der Waals surface area contributed by atoms with Gasteiger partial charge in [-0.2, -0.15) is 0 Å². The molecule has 0 aromatic heterocycles. The van der Waals surface area contributed by atoms with E-state index in [0.717, 1.165) is 18.9 Å². The molecule has 0 aromatic rings. The minimum absolute atomic E-state index is 1.01. The molecule has 0 aromatic carbocycles. The Kier molecular flexibility index (Phi) is 15.3. The molecule has 0 saturated carbocycles. The fourth-order valence-corrected chi connectivity index (χ4v) is 0.651. The van der Waals surface area contributed by atoms with Crippen LogP contribution in [0.2, 0.25) is 0 Å². The van der Waals surface area contributed by atoms with Crippen molar-refractivity contribution in [1.29, 1.82) is 0 Å². The monoisotopic (exact) mass is 172 g/mol. The van der Waals surface area contributed by atoms with Crippen LogP contribution in [0.1, 0.15) is 47.5 Å². The molecule has 12 heavy (non-hydrogen) atoms. The number of rotatable bonds is 0. The maximum atomic E-state index is 4.14. The lowest BCUT2D eigenvalue weighted by Crippen LogP contribution is -2.26. The van der Waals surface area contributed by atoms with E-state index in [1.54, 1.807) is 0 Å². The van der Waals surface area contributed by atoms with Crippen LogP contribution in [0.5, 0.6) is 0 Å². The lowest BCUT2D eigenvalue weighted by molar-refractivity contribution is 0.739. The van der Waals surface area contributed by atoms with Gasteiger partial charge in [0.25, 0.3) is 0 Å². The van der Waals surface area contributed by atoms with E-state index >= 15 is 0 Å². The first-order chi connectivity index (χ1) is 5.81. The Balaban J connectivity index is 0. The summed E-state index contributed by atoms with van der Waals surface area (Å²) in [5.41, 5.74) is 0. The summed E-state index contributed by atoms with van der Waals surface area (Å²) < 4.78 is 0. The van der Waals surface area contributed by atoms with Gasteiger partial charge in [0, 0.05) is 13.1 Å². The lowest BCUT2D eigenvalue weighted by atomic mass is 10.4. The van der Waals surface area contributed by atoms with Crippen molar-refractivity contribution >= 4 is 5.84 Å². The van der Waals surface area contributed by atoms with Gasteiger partial charge < -0.3 is 5.32 Å². The van der Waals surface area contributed by atoms with E-state index in [9.17, 15) is 0 Å². The van der Waals surface area contributed by atoms with Gasteiger partial charge in [-0.3, -0.25) is 4.99 Å². The van der Waals surface area contributed by atoms with E-state index in [1.807, 2.05) is 20.8 Å². The molecule has 0 bridgehead atoms. The van der Waals surface area contributed by atoms with Crippen LogP contribution in [-0.2, 0) is 0 Å². The summed E-state index contributed by atoms with van der Waals surface area (Å²) in [5, 5.41) is 3.13. The van der Waals surface area contributed by atoms with Gasteiger partial charge in [-0.15, -0.1) is 0 Å². The van der Waals surface area contributed by atoms with E-state index in [1.165, 1.54) is 12.8 Å². The average molecular weight is 172 g/mol. The number of hydrogen-bond acceptors (Lipinski definition) is 2. The first-order valence-corrected chi connectivity index (χ1v) is 5.06. The summed E-state index contributed by atoms with van der Waals surface area (Å²) in [4.78, 5) is 4.14. The largest absolute Gasteiger partial charge is 0.374 e. The third kappa shape index (κ3) is 12.2. The molecule has 1 rings (SSSR count). The highest BCUT2D eigenvalue weighted by molar-refractivity contribution is 5.79. The summed E-state index contributed by atoms with van der Waals surface area (Å²) >= 11 is 0. The fraction of sp³-hybridized carbons (Fsp3) is 0.900. The number of hydrogen-bond donors (Lipinski definition) is 1. The molecule has 0 amide bonds. The standard InChI is InChI=1S/C5H10N2.C3H8.C2H6/c1-5-6-3-2-4-7-5;1-3-2;1-2/h2-4H2,1H3,(H,6,7);3H2,1-2H3;1-2H3. The average Bonchev–Trinajstić information content (AvgIpc) is 2.11. The first kappa shape index (κ1) is 14.0. The second-order valence-corrected chi connectivity index (χ2v) is 2.45. The number of nitrogens with one attached hydrogen (secondary N) is 1. The van der Waals surface area contributed by atoms with E-state index in [4.69, 9.17) is 0 Å². The molecular weight excluding hydrogens is 148 g/mol. The predicted molar refractivity (Wildman–Crippen MR) is 57.9 cm³/mol. The zero-order chi connectivity index (χ0) is 9.82. The van der Waals surface area contributed by atoms with Crippen molar-refractivity contribution in [3.05, 3.63) is 0 Å². The zero-order valence-corrected chi connectivity index (χ0v) is 9.28. The molecule has 1 aliphatic heterocycles. The Morgan fingerprint density at radius 1 is 1.33 bits per heavy atom. The fourth-order valence-electron chi connectivity index (χ4n) is 0.651. The normalized spacial score (nSPS) is 13.9. The first-order valence-electron chi connectivity index (χ1n) is 5.06. The Morgan fingerprint density at radius 2 is 1.83 bits per heavy atom. The van der Waals surface area contributed by atoms with Gasteiger partial charge in [0.1, 0.15) is 0 Å². The molecule has 0 radical (unpaired) electrons. The molecule has 74 valence electrons. The molecule has 0 atom stereocenters. The van der Waals surface area contributed by atoms with Gasteiger partial charge >= 0.3 is 0 Å². The second-order valence-electron chi connectivity index (χ2n) is 2.45. The third-order valence-corrected chi connectivity index (χ3v) is 1.06. The van der Waals surface area contributed by atoms with Gasteiger partial charge in [0.2, 0.25) is 0 Å². The van der Waals surface area contributed by atoms with Crippen LogP contribution < -0.4 is 5.32 Å². The highest BCUT2D eigenvalue weighted by Crippen LogP contribution is 1.86. The van der Waals surface area contributed by atoms with Crippen molar-refractivity contribution in [2.24, 2.45) is 4.99 Å². The molecule has 1 heterocycles. The van der Waals surface area contributed by atoms with Crippen LogP contribution in [0.25, 0.3) is 0 Å². The maximum absolute atomic E-state index is 4.14. The molecule has 0 fully saturated rings. The summed E-state index contributed by atoms with van der Waals surface area (Å²) in [6.45, 7) is 12.4. The quantitative estimate of drug-likeness (QED) is 0.597. The minimum atomic E-state index is 1.01. The van der Waals surface area contributed by atoms with Crippen molar-refractivity contribution in [2.75, 3.05) is 13.1 Å². The number of aliphatic imine (C=N–C) groups is 1. The van der Waals surface area contributed by atoms with Crippen molar-refractivity contribution < 1.29 is 0 Å². The van der Waals surface area contributed by atoms with Crippen LogP contribution in [-0.4, -0.2) is 18.9 Å². The summed E-state index contributed by atoms with van der Waals surface area (Å²) in [6, 6.07) is 0. The SMILES string of the molecule is CC.CC1=NCCCN1.CCC. The lowest BCUT2D eigenvalue weighted by Gasteiger charge is -2.08. The van der Waals surface area contributed by atoms with Gasteiger partial charge in [-0.05, 0) is 13.3 Å². The Hall–Kier alpha value is -0.530. The van der Waals surface area contributed by atoms with Crippen LogP contribution in [0.4, 0.5) is 0 Å². The van der Waals surface area contributed by atoms with Gasteiger partial charge in [-0.25, -0.2) is 0 Å². The molecule has 2 heteroatoms. The van der Waals surface area contributed by atoms with Crippen LogP contribution in [0.15, 0.2) is 4.99 Å². The molecule has 2 nitrogen and oxygen atoms in total. The van der Waals surface area contributed by atoms with Gasteiger partial charge in [0.05, 0.1) is 5.84 Å². The highest BCUT2D eigenvalue weighted by atomic mass is 15.0. The summed E-state index contributed by atoms with van der Waals surface area (Å²) in [5.74, 6) is 1.09. The summed E-state index contributed by atoms with van der Waals surface area (Å²) in [7, 11) is 0. The highest BCUT2D eigenvalue weighted by Gasteiger charge is 1.94. The molecular formula is C10H24N2. The van der Waals surface area contributed by atoms with Crippen molar-refractivity contribution in [3.8, 4) is 0 Å². The predicted octanol–water partition coefficient (Wildman–Crippen LogP) is 2.84. The van der Waals surface area contributed by atoms with Crippen molar-refractivity contribution in [1.82, 2.24) is 5.32 Å². The molecule has 0 unspecified atom stereocenters. The molecule has 0 saturated heterocycles. The molecule has 0 spiro atoms. The Morgan fingerprint density at radius 3 is 2.00 bits per heavy atom. The number of nitrogens with zero attached hydrogens (tertiary/aromatic N) is 1. The van der Waals surface area contributed by atoms with E-state index in [0.29, 0.717) is 0 Å². The Labute approximate surface area is 77.5 Å². The van der Waals surface area contributed by atoms with Gasteiger partial charge in [-0.1, -0.05) is 34.1 Å². The second kappa shape index (κ2) is 13.1. The summed E-state index contributed by atoms with van der Waals surface area (Å²) in [6.07, 6.45) is 2.44. The molecule has 0 aliphatic carbocycles. The Bertz CT molecular complexity index is 98.0. The van der Waals surface area contributed by atoms with E-state index < -0.39 is 0 Å². The van der Waals surface area contributed by atoms with E-state index in [2.05, 4.69) is 24.2 Å². The number of amidine groups is 1. The molecule has 1 N–H and O–H groups in total. The van der Waals surface area contributed by atoms with Gasteiger partial charge in [0.15, 0.2) is 0 Å². The van der Waals surface area contributed by atoms with Crippen LogP contribution in [0.3, 0.4) is 0 Å². The van der Waals surface area contributed by atoms with Crippen molar-refractivity contribution in [2.45, 2.75) is 47.5 Å². The van der Waals surface area contributed by atoms with E-state index in [-0.39, 0.29) is 0 Å². The zero-order valence-electron chi connectivity index (χ0n) is 9.28. The van der Waals surface area contributed by atoms with Crippen LogP contribution in [0, 0.1) is 0 Å². The third-order valence-electron chi connectivity index (χ3n) is 1.06.